The molecule has 0 spiro atoms. The Morgan fingerprint density at radius 3 is 2.51 bits per heavy atom. The summed E-state index contributed by atoms with van der Waals surface area (Å²) in [6.45, 7) is 3.34. The summed E-state index contributed by atoms with van der Waals surface area (Å²) in [4.78, 5) is 80.4. The van der Waals surface area contributed by atoms with Gasteiger partial charge in [-0.25, -0.2) is 4.98 Å². The molecule has 0 radical (unpaired) electrons. The van der Waals surface area contributed by atoms with Crippen molar-refractivity contribution in [2.24, 2.45) is 5.92 Å². The van der Waals surface area contributed by atoms with Gasteiger partial charge >= 0.3 is 11.9 Å². The van der Waals surface area contributed by atoms with Crippen molar-refractivity contribution in [3.05, 3.63) is 29.7 Å². The minimum Gasteiger partial charge on any atom is -0.481 e. The number of pyridine rings is 1. The number of amides is 4. The van der Waals surface area contributed by atoms with E-state index >= 15 is 0 Å². The van der Waals surface area contributed by atoms with E-state index in [9.17, 15) is 33.9 Å². The van der Waals surface area contributed by atoms with Gasteiger partial charge < -0.3 is 26.2 Å². The summed E-state index contributed by atoms with van der Waals surface area (Å²) in [7, 11) is 0. The molecule has 4 amide bonds. The molecule has 0 saturated carbocycles. The number of hydrogen-bond donors (Lipinski definition) is 6. The van der Waals surface area contributed by atoms with Gasteiger partial charge in [-0.05, 0) is 17.5 Å². The zero-order valence-corrected chi connectivity index (χ0v) is 22.4. The molecule has 17 heteroatoms. The van der Waals surface area contributed by atoms with E-state index in [1.54, 1.807) is 26.0 Å². The molecule has 3 unspecified atom stereocenters. The summed E-state index contributed by atoms with van der Waals surface area (Å²) in [5.74, 6) is -5.69. The summed E-state index contributed by atoms with van der Waals surface area (Å²) in [5, 5.41) is 39.1. The molecule has 0 aromatic carbocycles. The Balaban J connectivity index is 1.84. The normalized spacial score (nSPS) is 16.1. The highest BCUT2D eigenvalue weighted by molar-refractivity contribution is 6.07. The number of fused-ring (bicyclic) bond motifs is 1. The summed E-state index contributed by atoms with van der Waals surface area (Å²) in [6.07, 6.45) is 0.286. The highest BCUT2D eigenvalue weighted by atomic mass is 16.4. The number of H-pyrrole nitrogens is 1. The molecular formula is C24H31N9O8. The maximum Gasteiger partial charge on any atom is 0.305 e. The number of aromatic nitrogens is 5. The fraction of sp³-hybridized carbons (Fsp3) is 0.500. The lowest BCUT2D eigenvalue weighted by Gasteiger charge is -2.30. The van der Waals surface area contributed by atoms with Gasteiger partial charge in [-0.3, -0.25) is 33.7 Å². The molecule has 0 bridgehead atoms. The van der Waals surface area contributed by atoms with Crippen molar-refractivity contribution in [3.8, 4) is 0 Å². The van der Waals surface area contributed by atoms with Gasteiger partial charge in [-0.15, -0.1) is 10.2 Å². The highest BCUT2D eigenvalue weighted by Gasteiger charge is 2.43. The van der Waals surface area contributed by atoms with Crippen LogP contribution in [0.3, 0.4) is 0 Å². The molecular weight excluding hydrogens is 542 g/mol. The molecule has 6 N–H and O–H groups in total. The maximum absolute atomic E-state index is 13.8. The number of aromatic amines is 1. The number of tetrazole rings is 1. The van der Waals surface area contributed by atoms with E-state index in [1.807, 2.05) is 0 Å². The number of carboxylic acid groups (broad SMARTS) is 2. The largest absolute Gasteiger partial charge is 0.481 e. The Bertz CT molecular complexity index is 1290. The number of carbonyl (C=O) groups excluding carboxylic acids is 4. The van der Waals surface area contributed by atoms with Gasteiger partial charge in [0.15, 0.2) is 5.82 Å². The van der Waals surface area contributed by atoms with Crippen LogP contribution in [0, 0.1) is 5.92 Å². The van der Waals surface area contributed by atoms with E-state index in [1.165, 1.54) is 6.20 Å². The lowest BCUT2D eigenvalue weighted by Crippen LogP contribution is -2.59. The molecule has 41 heavy (non-hydrogen) atoms. The molecule has 17 nitrogen and oxygen atoms in total. The van der Waals surface area contributed by atoms with Gasteiger partial charge in [0, 0.05) is 19.0 Å². The predicted octanol–water partition coefficient (Wildman–Crippen LogP) is -1.48. The molecule has 3 heterocycles. The van der Waals surface area contributed by atoms with Gasteiger partial charge in [-0.2, -0.15) is 5.21 Å². The van der Waals surface area contributed by atoms with Crippen LogP contribution in [-0.4, -0.2) is 89.5 Å². The second kappa shape index (κ2) is 13.9. The van der Waals surface area contributed by atoms with Crippen molar-refractivity contribution >= 4 is 41.4 Å². The van der Waals surface area contributed by atoms with Crippen molar-refractivity contribution < 1.29 is 39.0 Å². The first-order valence-corrected chi connectivity index (χ1v) is 12.8. The quantitative estimate of drug-likeness (QED) is 0.151. The van der Waals surface area contributed by atoms with Crippen LogP contribution in [0.25, 0.3) is 0 Å². The van der Waals surface area contributed by atoms with E-state index in [0.29, 0.717) is 12.0 Å². The number of carbonyl (C=O) groups is 6. The first kappa shape index (κ1) is 30.6. The van der Waals surface area contributed by atoms with Crippen molar-refractivity contribution in [3.63, 3.8) is 0 Å². The van der Waals surface area contributed by atoms with Crippen LogP contribution < -0.4 is 20.9 Å². The Labute approximate surface area is 233 Å². The number of nitrogens with zero attached hydrogens (tertiary/aromatic N) is 5. The predicted molar refractivity (Wildman–Crippen MR) is 138 cm³/mol. The number of anilines is 1. The van der Waals surface area contributed by atoms with E-state index in [0.717, 1.165) is 4.90 Å². The Kier molecular flexibility index (Phi) is 10.4. The van der Waals surface area contributed by atoms with Gasteiger partial charge in [0.25, 0.3) is 5.91 Å². The van der Waals surface area contributed by atoms with Crippen molar-refractivity contribution in [1.82, 2.24) is 41.6 Å². The van der Waals surface area contributed by atoms with Gasteiger partial charge in [-0.1, -0.05) is 31.5 Å². The summed E-state index contributed by atoms with van der Waals surface area (Å²) in [6, 6.07) is -0.618. The van der Waals surface area contributed by atoms with E-state index in [2.05, 4.69) is 41.6 Å². The van der Waals surface area contributed by atoms with Gasteiger partial charge in [0.05, 0.1) is 19.4 Å². The number of carboxylic acids is 2. The second-order valence-electron chi connectivity index (χ2n) is 9.44. The van der Waals surface area contributed by atoms with Crippen LogP contribution in [0.2, 0.25) is 0 Å². The lowest BCUT2D eigenvalue weighted by molar-refractivity contribution is -0.141. The van der Waals surface area contributed by atoms with Gasteiger partial charge in [0.2, 0.25) is 17.7 Å². The van der Waals surface area contributed by atoms with Gasteiger partial charge in [0.1, 0.15) is 23.9 Å². The third-order valence-electron chi connectivity index (χ3n) is 6.54. The number of nitrogens with one attached hydrogen (secondary N) is 4. The molecule has 2 aromatic heterocycles. The van der Waals surface area contributed by atoms with Crippen LogP contribution in [-0.2, 0) is 41.7 Å². The van der Waals surface area contributed by atoms with Crippen LogP contribution in [0.4, 0.5) is 5.82 Å². The monoisotopic (exact) mass is 573 g/mol. The van der Waals surface area contributed by atoms with Crippen LogP contribution in [0.5, 0.6) is 0 Å². The lowest BCUT2D eigenvalue weighted by atomic mass is 9.97. The summed E-state index contributed by atoms with van der Waals surface area (Å²) in [5.41, 5.74) is 0.559. The molecule has 1 aliphatic rings. The molecule has 2 aromatic rings. The van der Waals surface area contributed by atoms with E-state index in [-0.39, 0.29) is 31.0 Å². The van der Waals surface area contributed by atoms with E-state index in [4.69, 9.17) is 5.11 Å². The van der Waals surface area contributed by atoms with Crippen molar-refractivity contribution in [2.45, 2.75) is 70.6 Å². The minimum atomic E-state index is -1.62. The van der Waals surface area contributed by atoms with Crippen molar-refractivity contribution in [1.29, 1.82) is 0 Å². The maximum atomic E-state index is 13.8. The highest BCUT2D eigenvalue weighted by Crippen LogP contribution is 2.31. The molecule has 1 aliphatic heterocycles. The summed E-state index contributed by atoms with van der Waals surface area (Å²) < 4.78 is 0. The Morgan fingerprint density at radius 1 is 1.12 bits per heavy atom. The minimum absolute atomic E-state index is 0.0792. The fourth-order valence-electron chi connectivity index (χ4n) is 4.24. The fourth-order valence-corrected chi connectivity index (χ4v) is 4.24. The summed E-state index contributed by atoms with van der Waals surface area (Å²) >= 11 is 0. The molecule has 0 fully saturated rings. The first-order valence-electron chi connectivity index (χ1n) is 12.8. The Morgan fingerprint density at radius 2 is 1.88 bits per heavy atom. The van der Waals surface area contributed by atoms with Crippen LogP contribution in [0.15, 0.2) is 18.3 Å². The zero-order chi connectivity index (χ0) is 30.1. The molecule has 220 valence electrons. The topological polar surface area (TPSA) is 250 Å². The molecule has 4 atom stereocenters. The second-order valence-corrected chi connectivity index (χ2v) is 9.44. The first-order chi connectivity index (χ1) is 19.5. The smallest absolute Gasteiger partial charge is 0.305 e. The molecule has 0 aliphatic carbocycles. The standard InChI is InChI=1S/C24H31N9O8/c1-3-12(2)20(28-17(34)6-7-18(35)36)23(40)27-14(10-19(37)38)24(41)33-15(9-13-5-4-8-25-21(13)33)22(39)26-11-16-29-31-32-30-16/h4-5,8,12,14-15,20H,3,6-7,9-11H2,1-2H3,(H,26,39)(H,27,40)(H,28,34)(H,35,36)(H,37,38)(H,29,30,31,32)/t12?,14?,15-,20?/m0/s1. The third kappa shape index (κ3) is 8.02. The average Bonchev–Trinajstić information content (AvgIpc) is 3.60. The van der Waals surface area contributed by atoms with E-state index < -0.39 is 72.5 Å². The third-order valence-corrected chi connectivity index (χ3v) is 6.54. The van der Waals surface area contributed by atoms with Crippen LogP contribution in [0.1, 0.15) is 50.9 Å². The number of hydrogen-bond acceptors (Lipinski definition) is 10. The van der Waals surface area contributed by atoms with Crippen LogP contribution >= 0.6 is 0 Å². The number of aliphatic carboxylic acids is 2. The van der Waals surface area contributed by atoms with Crippen molar-refractivity contribution in [2.75, 3.05) is 4.90 Å². The Hall–Kier alpha value is -4.96. The average molecular weight is 574 g/mol. The number of rotatable bonds is 14. The SMILES string of the molecule is CCC(C)C(NC(=O)CCC(=O)O)C(=O)NC(CC(=O)O)C(=O)N1c2ncccc2C[C@H]1C(=O)NCc1nn[nH]n1. The zero-order valence-electron chi connectivity index (χ0n) is 22.4. The molecule has 3 rings (SSSR count). The molecule has 0 saturated heterocycles.